The average molecular weight is 893 g/mol. The van der Waals surface area contributed by atoms with Crippen LogP contribution in [0.5, 0.6) is 0 Å². The molecule has 14 heteroatoms. The molecule has 0 aromatic rings. The quantitative estimate of drug-likeness (QED) is 0.0947. The number of hydrogen-bond acceptors (Lipinski definition) is 12. The van der Waals surface area contributed by atoms with Crippen molar-refractivity contribution in [1.82, 2.24) is 4.90 Å². The topological polar surface area (TPSA) is 153 Å². The van der Waals surface area contributed by atoms with Crippen LogP contribution in [-0.2, 0) is 52.3 Å². The summed E-state index contributed by atoms with van der Waals surface area (Å²) in [5.74, 6) is -3.16. The van der Waals surface area contributed by atoms with Gasteiger partial charge in [-0.25, -0.2) is 9.59 Å². The van der Waals surface area contributed by atoms with Crippen molar-refractivity contribution >= 4 is 41.2 Å². The van der Waals surface area contributed by atoms with Crippen LogP contribution in [0.2, 0.25) is 0 Å². The van der Waals surface area contributed by atoms with Gasteiger partial charge in [-0.15, -0.1) is 6.58 Å². The molecular weight excluding hydrogens is 818 g/mol. The molecule has 2 saturated heterocycles. The molecule has 4 rings (SSSR count). The number of piperidine rings is 1. The fraction of sp³-hybridized carbons (Fsp3) is 0.771. The molecule has 1 saturated carbocycles. The number of allylic oxidation sites excluding steroid dienone is 4. The number of halogens is 1. The van der Waals surface area contributed by atoms with Crippen molar-refractivity contribution in [2.45, 2.75) is 167 Å². The number of alkyl halides is 1. The Labute approximate surface area is 374 Å². The van der Waals surface area contributed by atoms with Gasteiger partial charge in [-0.05, 0) is 114 Å². The van der Waals surface area contributed by atoms with E-state index in [1.165, 1.54) is 4.90 Å². The van der Waals surface area contributed by atoms with E-state index in [4.69, 9.17) is 44.8 Å². The first kappa shape index (κ1) is 51.5. The zero-order valence-electron chi connectivity index (χ0n) is 38.9. The standard InChI is InChI=1S/C48H74ClNO12/c1-12-15-35-21-28(2)20-29(3)22-40(57-10)43-41(58-11)25-32(6)48(8,62-43)44(52)45(53)50-19-14-13-16-36(50)46(54)61-42(33(7)30(4)24-37(35)51)31(5)23-34-17-18-38(39(26-34)56-9)60-47(55)59-27-49/h12,21,23,29-30,32-36,38-43H,1,13-20,22,24-27H2,2-11H3/b28-21+,31-23+/t29-,30-,32+,33+,34?,35+,36-,38+,39+,40-,41-,42+,43+,48+/m0/s1. The van der Waals surface area contributed by atoms with Crippen LogP contribution in [0.25, 0.3) is 0 Å². The number of hydrogen-bond donors (Lipinski definition) is 0. The average Bonchev–Trinajstić information content (AvgIpc) is 3.24. The van der Waals surface area contributed by atoms with Gasteiger partial charge in [-0.2, -0.15) is 0 Å². The Kier molecular flexibility index (Phi) is 19.7. The van der Waals surface area contributed by atoms with Gasteiger partial charge in [-0.3, -0.25) is 14.4 Å². The fourth-order valence-electron chi connectivity index (χ4n) is 10.2. The third kappa shape index (κ3) is 12.8. The number of ketones is 2. The highest BCUT2D eigenvalue weighted by atomic mass is 35.5. The van der Waals surface area contributed by atoms with Crippen molar-refractivity contribution in [1.29, 1.82) is 0 Å². The molecule has 62 heavy (non-hydrogen) atoms. The minimum atomic E-state index is -1.50. The minimum Gasteiger partial charge on any atom is -0.456 e. The lowest BCUT2D eigenvalue weighted by Crippen LogP contribution is -2.63. The van der Waals surface area contributed by atoms with Gasteiger partial charge in [0.1, 0.15) is 35.7 Å². The van der Waals surface area contributed by atoms with Gasteiger partial charge in [0.2, 0.25) is 0 Å². The fourth-order valence-corrected chi connectivity index (χ4v) is 10.2. The number of amides is 1. The van der Waals surface area contributed by atoms with Gasteiger partial charge in [0.05, 0.1) is 18.3 Å². The highest BCUT2D eigenvalue weighted by molar-refractivity contribution is 6.39. The van der Waals surface area contributed by atoms with Gasteiger partial charge >= 0.3 is 12.1 Å². The number of ether oxygens (including phenoxy) is 7. The molecule has 1 unspecified atom stereocenters. The van der Waals surface area contributed by atoms with Crippen LogP contribution < -0.4 is 0 Å². The third-order valence-corrected chi connectivity index (χ3v) is 14.2. The number of Topliss-reactive ketones (excluding diaryl/α,β-unsaturated/α-hetero) is 2. The van der Waals surface area contributed by atoms with E-state index in [-0.39, 0.29) is 66.4 Å². The summed E-state index contributed by atoms with van der Waals surface area (Å²) in [4.78, 5) is 71.3. The van der Waals surface area contributed by atoms with Crippen LogP contribution >= 0.6 is 11.6 Å². The summed E-state index contributed by atoms with van der Waals surface area (Å²) in [6.45, 7) is 17.8. The molecule has 0 spiro atoms. The highest BCUT2D eigenvalue weighted by Gasteiger charge is 2.54. The van der Waals surface area contributed by atoms with E-state index in [1.54, 1.807) is 34.3 Å². The molecule has 350 valence electrons. The number of carbonyl (C=O) groups excluding carboxylic acids is 5. The van der Waals surface area contributed by atoms with Crippen LogP contribution in [0.3, 0.4) is 0 Å². The Bertz CT molecular complexity index is 1630. The van der Waals surface area contributed by atoms with Crippen molar-refractivity contribution in [3.05, 3.63) is 36.0 Å². The van der Waals surface area contributed by atoms with Crippen molar-refractivity contribution < 1.29 is 57.1 Å². The lowest BCUT2D eigenvalue weighted by molar-refractivity contribution is -0.229. The molecule has 4 aliphatic rings. The van der Waals surface area contributed by atoms with E-state index in [2.05, 4.69) is 25.7 Å². The van der Waals surface area contributed by atoms with Gasteiger partial charge < -0.3 is 38.1 Å². The summed E-state index contributed by atoms with van der Waals surface area (Å²) < 4.78 is 41.3. The van der Waals surface area contributed by atoms with E-state index < -0.39 is 66.0 Å². The predicted molar refractivity (Wildman–Crippen MR) is 235 cm³/mol. The Morgan fingerprint density at radius 2 is 1.61 bits per heavy atom. The van der Waals surface area contributed by atoms with E-state index in [0.717, 1.165) is 11.1 Å². The first-order valence-corrected chi connectivity index (χ1v) is 23.2. The van der Waals surface area contributed by atoms with E-state index >= 15 is 0 Å². The number of esters is 1. The number of cyclic esters (lactones) is 1. The molecule has 0 N–H and O–H groups in total. The third-order valence-electron chi connectivity index (χ3n) is 14.1. The van der Waals surface area contributed by atoms with E-state index in [1.807, 2.05) is 34.6 Å². The SMILES string of the molecule is C=CC[C@@H]1/C=C(\C)C[C@H](C)C[C@H](OC)[C@H]2O[C@@](C)(C(=O)C(=O)N3CCCC[C@H]3C(=O)O[C@H](/C(C)=C/C3CC[C@@H](OC(=O)OCCl)[C@H](OC)C3)[C@H](C)[C@@H](C)CC1=O)[C@H](C)C[C@@H]2OC. The van der Waals surface area contributed by atoms with Crippen molar-refractivity contribution in [3.8, 4) is 0 Å². The number of fused-ring (bicyclic) bond motifs is 3. The van der Waals surface area contributed by atoms with Gasteiger partial charge in [0.15, 0.2) is 6.07 Å². The second-order valence-corrected chi connectivity index (χ2v) is 18.9. The first-order chi connectivity index (χ1) is 29.4. The maximum Gasteiger partial charge on any atom is 0.509 e. The minimum absolute atomic E-state index is 0.00727. The van der Waals surface area contributed by atoms with E-state index in [9.17, 15) is 24.0 Å². The van der Waals surface area contributed by atoms with Crippen molar-refractivity contribution in [3.63, 3.8) is 0 Å². The zero-order chi connectivity index (χ0) is 45.9. The predicted octanol–water partition coefficient (Wildman–Crippen LogP) is 8.34. The molecule has 0 aromatic heterocycles. The lowest BCUT2D eigenvalue weighted by Gasteiger charge is -2.48. The second kappa shape index (κ2) is 23.7. The summed E-state index contributed by atoms with van der Waals surface area (Å²) in [5.41, 5.74) is 0.360. The first-order valence-electron chi connectivity index (χ1n) is 22.6. The lowest BCUT2D eigenvalue weighted by atomic mass is 9.76. The molecular formula is C48H74ClNO12. The van der Waals surface area contributed by atoms with Gasteiger partial charge in [0.25, 0.3) is 11.7 Å². The van der Waals surface area contributed by atoms with Crippen LogP contribution in [0.15, 0.2) is 36.0 Å². The number of rotatable bonds is 9. The van der Waals surface area contributed by atoms with Crippen molar-refractivity contribution in [2.24, 2.45) is 35.5 Å². The number of methoxy groups -OCH3 is 3. The summed E-state index contributed by atoms with van der Waals surface area (Å²) in [6, 6.07) is -1.31. The summed E-state index contributed by atoms with van der Waals surface area (Å²) in [6.07, 6.45) is 7.75. The van der Waals surface area contributed by atoms with Crippen LogP contribution in [0, 0.1) is 35.5 Å². The maximum atomic E-state index is 14.6. The molecule has 3 fully saturated rings. The molecule has 1 amide bonds. The number of carbonyl (C=O) groups is 5. The summed E-state index contributed by atoms with van der Waals surface area (Å²) in [5, 5.41) is 0. The normalized spacial score (nSPS) is 38.4. The monoisotopic (exact) mass is 891 g/mol. The zero-order valence-corrected chi connectivity index (χ0v) is 39.6. The van der Waals surface area contributed by atoms with Crippen molar-refractivity contribution in [2.75, 3.05) is 33.9 Å². The Morgan fingerprint density at radius 1 is 0.935 bits per heavy atom. The van der Waals surface area contributed by atoms with Crippen LogP contribution in [0.1, 0.15) is 119 Å². The van der Waals surface area contributed by atoms with E-state index in [0.29, 0.717) is 64.2 Å². The Hall–Kier alpha value is -3.10. The molecule has 13 nitrogen and oxygen atoms in total. The smallest absolute Gasteiger partial charge is 0.456 e. The van der Waals surface area contributed by atoms with Gasteiger partial charge in [0, 0.05) is 46.1 Å². The maximum absolute atomic E-state index is 14.6. The Morgan fingerprint density at radius 3 is 2.26 bits per heavy atom. The molecule has 2 bridgehead atoms. The largest absolute Gasteiger partial charge is 0.509 e. The molecule has 3 heterocycles. The highest BCUT2D eigenvalue weighted by Crippen LogP contribution is 2.41. The summed E-state index contributed by atoms with van der Waals surface area (Å²) >= 11 is 5.56. The summed E-state index contributed by atoms with van der Waals surface area (Å²) in [7, 11) is 4.80. The molecule has 0 radical (unpaired) electrons. The van der Waals surface area contributed by atoms with Gasteiger partial charge in [-0.1, -0.05) is 63.1 Å². The molecule has 14 atom stereocenters. The van der Waals surface area contributed by atoms with Crippen LogP contribution in [0.4, 0.5) is 4.79 Å². The Balaban J connectivity index is 1.75. The second-order valence-electron chi connectivity index (χ2n) is 18.7. The number of nitrogens with zero attached hydrogens (tertiary/aromatic N) is 1. The van der Waals surface area contributed by atoms with Crippen LogP contribution in [-0.4, -0.2) is 117 Å². The molecule has 0 aromatic carbocycles. The molecule has 3 aliphatic heterocycles. The molecule has 1 aliphatic carbocycles.